The Morgan fingerprint density at radius 2 is 0.429 bits per heavy atom. The Morgan fingerprint density at radius 3 is 0.629 bits per heavy atom. The minimum atomic E-state index is -0.666. The second-order valence-corrected chi connectivity index (χ2v) is 43.8. The molecule has 0 fully saturated rings. The Morgan fingerprint density at radius 1 is 0.250 bits per heavy atom. The van der Waals surface area contributed by atoms with Crippen LogP contribution in [0.2, 0.25) is 0 Å². The summed E-state index contributed by atoms with van der Waals surface area (Å²) in [6.07, 6.45) is 13.6. The van der Waals surface area contributed by atoms with Gasteiger partial charge in [-0.2, -0.15) is 0 Å². The molecule has 2 aliphatic heterocycles. The van der Waals surface area contributed by atoms with Gasteiger partial charge in [0, 0.05) is 113 Å². The van der Waals surface area contributed by atoms with Crippen LogP contribution >= 0.6 is 21.6 Å². The van der Waals surface area contributed by atoms with E-state index in [-0.39, 0.29) is 146 Å². The number of rotatable bonds is 37. The van der Waals surface area contributed by atoms with Crippen LogP contribution in [0.3, 0.4) is 0 Å². The number of hydrogen-bond donors (Lipinski definition) is 4. The first-order valence-electron chi connectivity index (χ1n) is 48.9. The average molecular weight is 1940 g/mol. The predicted molar refractivity (Wildman–Crippen MR) is 569 cm³/mol. The molecule has 22 nitrogen and oxygen atoms in total. The zero-order chi connectivity index (χ0) is 101. The van der Waals surface area contributed by atoms with Gasteiger partial charge in [-0.15, -0.1) is 0 Å². The maximum absolute atomic E-state index is 13.4. The third kappa shape index (κ3) is 32.7. The van der Waals surface area contributed by atoms with Crippen molar-refractivity contribution in [2.75, 3.05) is 117 Å². The third-order valence-corrected chi connectivity index (χ3v) is 26.5. The Hall–Kier alpha value is -12.3. The Kier molecular flexibility index (Phi) is 41.0. The van der Waals surface area contributed by atoms with E-state index in [2.05, 4.69) is 336 Å². The highest BCUT2D eigenvalue weighted by Gasteiger charge is 2.42. The van der Waals surface area contributed by atoms with E-state index in [4.69, 9.17) is 37.9 Å². The average Bonchev–Trinajstić information content (AvgIpc) is 0.731. The minimum absolute atomic E-state index is 0.00430. The van der Waals surface area contributed by atoms with Gasteiger partial charge >= 0.3 is 35.8 Å². The molecule has 10 rings (SSSR count). The first-order chi connectivity index (χ1) is 66.8. The standard InChI is InChI=1S/C116H146N8O14S2/c1-109(2,3)87-23-35-93(36-24-87)115(94-37-25-88(26-38-94)110(4,5)6,95-39-27-89(28-40-95)111(7,8)9)99-47-51-101(52-48-99)131-65-19-69-135-105(127)83-75-117-57-61-121-79-85(80-122-62-58-118-76-83)107(129)137-71-21-67-133-103(125)55-73-139-140-74-56-104(126)134-68-22-72-138-108(130)86-81-123-63-59-119-77-84(78-120-60-64-124-82-86)106(128)136-70-20-66-132-102-53-49-100(50-54-102)116(96-41-29-90(30-42-96)112(10,11)12,97-43-31-91(32-44-97)113(13,14)15)98-45-33-92(34-46-98)114(16,17)18/h23-54,75-82,117,119,122,124H,19-22,55-74H2,1-18H3/b83-75+,84-77+,85-80+,86-82+,118-76?,120-78?,121-79?,123-81?. The normalized spacial score (nSPS) is 15.6. The lowest BCUT2D eigenvalue weighted by Gasteiger charge is -2.38. The molecule has 0 spiro atoms. The van der Waals surface area contributed by atoms with E-state index in [0.717, 1.165) is 44.5 Å². The molecule has 0 aliphatic carbocycles. The van der Waals surface area contributed by atoms with Crippen molar-refractivity contribution in [1.29, 1.82) is 0 Å². The number of nitrogens with one attached hydrogen (secondary N) is 4. The van der Waals surface area contributed by atoms with Crippen molar-refractivity contribution in [3.8, 4) is 11.5 Å². The summed E-state index contributed by atoms with van der Waals surface area (Å²) < 4.78 is 45.7. The third-order valence-electron chi connectivity index (χ3n) is 24.1. The molecule has 8 aromatic carbocycles. The van der Waals surface area contributed by atoms with Gasteiger partial charge in [0.2, 0.25) is 0 Å². The number of nitrogens with zero attached hydrogens (tertiary/aromatic N) is 4. The number of carbonyl (C=O) groups is 6. The molecule has 2 heterocycles. The van der Waals surface area contributed by atoms with E-state index in [0.29, 0.717) is 75.2 Å². The van der Waals surface area contributed by atoms with Crippen molar-refractivity contribution < 1.29 is 66.7 Å². The molecule has 0 radical (unpaired) electrons. The molecule has 24 heteroatoms. The number of ether oxygens (including phenoxy) is 8. The number of esters is 6. The van der Waals surface area contributed by atoms with Gasteiger partial charge in [0.05, 0.1) is 125 Å². The van der Waals surface area contributed by atoms with Crippen molar-refractivity contribution in [3.63, 3.8) is 0 Å². The van der Waals surface area contributed by atoms with Gasteiger partial charge in [0.1, 0.15) is 11.5 Å². The van der Waals surface area contributed by atoms with Crippen molar-refractivity contribution >= 4 is 82.3 Å². The lowest BCUT2D eigenvalue weighted by atomic mass is 9.64. The molecule has 8 aromatic rings. The Balaban J connectivity index is 0.560. The fourth-order valence-corrected chi connectivity index (χ4v) is 17.9. The van der Waals surface area contributed by atoms with E-state index in [9.17, 15) is 28.8 Å². The molecular formula is C116H146N8O14S2. The van der Waals surface area contributed by atoms with E-state index in [1.54, 1.807) is 12.4 Å². The molecule has 0 aromatic heterocycles. The monoisotopic (exact) mass is 1940 g/mol. The van der Waals surface area contributed by atoms with Gasteiger partial charge in [-0.3, -0.25) is 29.6 Å². The highest BCUT2D eigenvalue weighted by molar-refractivity contribution is 8.76. The minimum Gasteiger partial charge on any atom is -0.493 e. The highest BCUT2D eigenvalue weighted by Crippen LogP contribution is 2.50. The van der Waals surface area contributed by atoms with Crippen molar-refractivity contribution in [2.24, 2.45) is 20.0 Å². The quantitative estimate of drug-likeness (QED) is 0.00926. The number of hydrogen-bond acceptors (Lipinski definition) is 24. The van der Waals surface area contributed by atoms with Crippen molar-refractivity contribution in [3.05, 3.63) is 319 Å². The van der Waals surface area contributed by atoms with Gasteiger partial charge in [0.15, 0.2) is 0 Å². The topological polar surface area (TPSA) is 274 Å². The van der Waals surface area contributed by atoms with Crippen molar-refractivity contribution in [2.45, 2.75) is 206 Å². The Labute approximate surface area is 838 Å². The van der Waals surface area contributed by atoms with Crippen LogP contribution in [0.15, 0.2) is 261 Å². The van der Waals surface area contributed by atoms with E-state index in [1.165, 1.54) is 92.2 Å². The lowest BCUT2D eigenvalue weighted by Crippen LogP contribution is -2.31. The summed E-state index contributed by atoms with van der Waals surface area (Å²) in [7, 11) is 2.86. The molecule has 0 bridgehead atoms. The van der Waals surface area contributed by atoms with Gasteiger partial charge in [-0.25, -0.2) is 19.2 Å². The van der Waals surface area contributed by atoms with Gasteiger partial charge in [-0.1, -0.05) is 316 Å². The molecule has 0 atom stereocenters. The molecule has 4 N–H and O–H groups in total. The second-order valence-electron chi connectivity index (χ2n) is 41.1. The zero-order valence-electron chi connectivity index (χ0n) is 85.4. The van der Waals surface area contributed by atoms with E-state index in [1.807, 2.05) is 24.3 Å². The maximum Gasteiger partial charge on any atom is 0.341 e. The zero-order valence-corrected chi connectivity index (χ0v) is 87.0. The maximum atomic E-state index is 13.4. The fourth-order valence-electron chi connectivity index (χ4n) is 15.9. The first-order valence-corrected chi connectivity index (χ1v) is 51.4. The summed E-state index contributed by atoms with van der Waals surface area (Å²) in [5.41, 5.74) is 16.2. The van der Waals surface area contributed by atoms with Crippen LogP contribution in [0.5, 0.6) is 11.5 Å². The number of benzene rings is 8. The van der Waals surface area contributed by atoms with E-state index >= 15 is 0 Å². The first kappa shape index (κ1) is 110. The van der Waals surface area contributed by atoms with Crippen LogP contribution in [-0.2, 0) is 101 Å². The van der Waals surface area contributed by atoms with Gasteiger partial charge in [-0.05, 0) is 135 Å². The molecule has 140 heavy (non-hydrogen) atoms. The van der Waals surface area contributed by atoms with Crippen LogP contribution < -0.4 is 30.7 Å². The molecular weight excluding hydrogens is 1790 g/mol. The van der Waals surface area contributed by atoms with Crippen molar-refractivity contribution in [1.82, 2.24) is 21.3 Å². The summed E-state index contributed by atoms with van der Waals surface area (Å²) in [6, 6.07) is 71.5. The summed E-state index contributed by atoms with van der Waals surface area (Å²) in [5.74, 6) is -0.788. The van der Waals surface area contributed by atoms with Gasteiger partial charge < -0.3 is 59.2 Å². The molecule has 2 aliphatic rings. The fraction of sp³-hybridized carbons (Fsp3) is 0.431. The number of aliphatic imine (C=N–C) groups is 4. The van der Waals surface area contributed by atoms with Crippen LogP contribution in [0, 0.1) is 0 Å². The van der Waals surface area contributed by atoms with E-state index < -0.39 is 46.6 Å². The Bertz CT molecular complexity index is 4980. The summed E-state index contributed by atoms with van der Waals surface area (Å²) in [6.45, 7) is 43.8. The lowest BCUT2D eigenvalue weighted by molar-refractivity contribution is -0.145. The SMILES string of the molecule is CC(C)(C)c1ccc(C(c2ccc(OCCCOC(=O)/C3=C/NCCN=C/C(C(=O)OCCCOC(=O)CCSSCCC(=O)OCCCOC(=O)/C4=C/NCCN=C/C(C(=O)OCCCOc5ccc(C(c6ccc(C(C)(C)C)cc6)(c6ccc(C(C)(C)C)cc6)c6ccc(C(C)(C)C)cc6)cc5)=C\NCCN=C4)=C\NCCN=C3)cc2)(c2ccc(C(C)(C)C)cc2)c2ccc(C(C)(C)C)cc2)cc1. The van der Waals surface area contributed by atoms with Crippen LogP contribution in [0.4, 0.5) is 0 Å². The molecule has 0 amide bonds. The molecule has 746 valence electrons. The molecule has 0 saturated heterocycles. The summed E-state index contributed by atoms with van der Waals surface area (Å²) in [5, 5.41) is 12.3. The number of carbonyl (C=O) groups excluding carboxylic acids is 6. The highest BCUT2D eigenvalue weighted by atomic mass is 33.1. The van der Waals surface area contributed by atoms with Crippen LogP contribution in [-0.4, -0.2) is 177 Å². The second kappa shape index (κ2) is 52.3. The predicted octanol–water partition coefficient (Wildman–Crippen LogP) is 20.9. The molecule has 0 unspecified atom stereocenters. The van der Waals surface area contributed by atoms with Crippen LogP contribution in [0.1, 0.15) is 241 Å². The molecule has 0 saturated carbocycles. The smallest absolute Gasteiger partial charge is 0.341 e. The summed E-state index contributed by atoms with van der Waals surface area (Å²) >= 11 is 0. The summed E-state index contributed by atoms with van der Waals surface area (Å²) in [4.78, 5) is 95.8. The van der Waals surface area contributed by atoms with Crippen LogP contribution in [0.25, 0.3) is 0 Å². The largest absolute Gasteiger partial charge is 0.493 e. The van der Waals surface area contributed by atoms with Gasteiger partial charge in [0.25, 0.3) is 0 Å².